The Balaban J connectivity index is 2.04. The maximum Gasteiger partial charge on any atom is 0.0720 e. The van der Waals surface area contributed by atoms with E-state index in [4.69, 9.17) is 11.6 Å². The summed E-state index contributed by atoms with van der Waals surface area (Å²) in [4.78, 5) is 9.03. The van der Waals surface area contributed by atoms with E-state index in [-0.39, 0.29) is 0 Å². The lowest BCUT2D eigenvalue weighted by Gasteiger charge is -2.07. The molecule has 0 saturated heterocycles. The van der Waals surface area contributed by atoms with E-state index in [1.807, 2.05) is 55.5 Å². The largest absolute Gasteiger partial charge is 0.256 e. The average molecular weight is 281 g/mol. The first-order chi connectivity index (χ1) is 9.74. The molecule has 0 aliphatic carbocycles. The Morgan fingerprint density at radius 3 is 2.50 bits per heavy atom. The lowest BCUT2D eigenvalue weighted by atomic mass is 10.1. The molecule has 2 heterocycles. The van der Waals surface area contributed by atoms with Gasteiger partial charge in [0, 0.05) is 28.0 Å². The maximum absolute atomic E-state index is 6.02. The summed E-state index contributed by atoms with van der Waals surface area (Å²) in [5, 5.41) is 0.718. The van der Waals surface area contributed by atoms with Gasteiger partial charge >= 0.3 is 0 Å². The topological polar surface area (TPSA) is 25.8 Å². The first-order valence-corrected chi connectivity index (χ1v) is 6.77. The number of hydrogen-bond acceptors (Lipinski definition) is 2. The van der Waals surface area contributed by atoms with E-state index < -0.39 is 0 Å². The molecule has 0 bridgehead atoms. The van der Waals surface area contributed by atoms with Crippen LogP contribution in [0.15, 0.2) is 60.8 Å². The lowest BCUT2D eigenvalue weighted by molar-refractivity contribution is 1.19. The van der Waals surface area contributed by atoms with Gasteiger partial charge < -0.3 is 0 Å². The molecule has 0 aliphatic rings. The van der Waals surface area contributed by atoms with Crippen LogP contribution in [0.4, 0.5) is 0 Å². The van der Waals surface area contributed by atoms with Gasteiger partial charge in [-0.25, -0.2) is 0 Å². The molecule has 0 aliphatic heterocycles. The second-order valence-corrected chi connectivity index (χ2v) is 4.99. The van der Waals surface area contributed by atoms with Crippen LogP contribution in [0.3, 0.4) is 0 Å². The maximum atomic E-state index is 6.02. The van der Waals surface area contributed by atoms with Gasteiger partial charge in [-0.1, -0.05) is 29.8 Å². The monoisotopic (exact) mass is 280 g/mol. The van der Waals surface area contributed by atoms with Gasteiger partial charge in [0.15, 0.2) is 0 Å². The molecule has 2 nitrogen and oxygen atoms in total. The molecule has 0 saturated carbocycles. The minimum Gasteiger partial charge on any atom is -0.256 e. The van der Waals surface area contributed by atoms with Crippen molar-refractivity contribution in [3.05, 3.63) is 71.5 Å². The summed E-state index contributed by atoms with van der Waals surface area (Å²) in [6, 6.07) is 17.7. The molecule has 0 fully saturated rings. The van der Waals surface area contributed by atoms with Crippen molar-refractivity contribution in [3.63, 3.8) is 0 Å². The van der Waals surface area contributed by atoms with Crippen molar-refractivity contribution in [3.8, 4) is 22.5 Å². The van der Waals surface area contributed by atoms with Gasteiger partial charge in [0.25, 0.3) is 0 Å². The standard InChI is InChI=1S/C17H13ClN2/c1-12-15(17-7-2-3-10-19-17)8-9-16(20-12)13-5-4-6-14(18)11-13/h2-11H,1H3. The number of aromatic nitrogens is 2. The van der Waals surface area contributed by atoms with Crippen molar-refractivity contribution in [2.45, 2.75) is 6.92 Å². The molecule has 0 unspecified atom stereocenters. The van der Waals surface area contributed by atoms with Crippen LogP contribution in [-0.2, 0) is 0 Å². The van der Waals surface area contributed by atoms with E-state index in [0.29, 0.717) is 0 Å². The predicted octanol–water partition coefficient (Wildman–Crippen LogP) is 4.77. The van der Waals surface area contributed by atoms with E-state index in [2.05, 4.69) is 16.0 Å². The smallest absolute Gasteiger partial charge is 0.0720 e. The van der Waals surface area contributed by atoms with Crippen LogP contribution in [0.1, 0.15) is 5.69 Å². The second-order valence-electron chi connectivity index (χ2n) is 4.55. The van der Waals surface area contributed by atoms with Crippen LogP contribution in [-0.4, -0.2) is 9.97 Å². The zero-order valence-electron chi connectivity index (χ0n) is 11.0. The molecule has 3 aromatic rings. The molecule has 98 valence electrons. The van der Waals surface area contributed by atoms with Crippen LogP contribution in [0.2, 0.25) is 5.02 Å². The minimum absolute atomic E-state index is 0.718. The normalized spacial score (nSPS) is 10.5. The van der Waals surface area contributed by atoms with E-state index in [9.17, 15) is 0 Å². The Morgan fingerprint density at radius 2 is 1.80 bits per heavy atom. The summed E-state index contributed by atoms with van der Waals surface area (Å²) in [7, 11) is 0. The highest BCUT2D eigenvalue weighted by Crippen LogP contribution is 2.25. The molecule has 3 rings (SSSR count). The molecule has 0 radical (unpaired) electrons. The molecule has 0 N–H and O–H groups in total. The van der Waals surface area contributed by atoms with Crippen LogP contribution in [0, 0.1) is 6.92 Å². The Kier molecular flexibility index (Phi) is 3.48. The Bertz CT molecular complexity index is 739. The average Bonchev–Trinajstić information content (AvgIpc) is 2.48. The van der Waals surface area contributed by atoms with Gasteiger partial charge in [-0.2, -0.15) is 0 Å². The Hall–Kier alpha value is -2.19. The molecule has 20 heavy (non-hydrogen) atoms. The predicted molar refractivity (Wildman–Crippen MR) is 82.7 cm³/mol. The fraction of sp³-hybridized carbons (Fsp3) is 0.0588. The molecule has 3 heteroatoms. The highest BCUT2D eigenvalue weighted by molar-refractivity contribution is 6.30. The first-order valence-electron chi connectivity index (χ1n) is 6.39. The molecule has 0 amide bonds. The van der Waals surface area contributed by atoms with Gasteiger partial charge in [0.2, 0.25) is 0 Å². The van der Waals surface area contributed by atoms with Gasteiger partial charge in [-0.3, -0.25) is 9.97 Å². The third-order valence-corrected chi connectivity index (χ3v) is 3.38. The van der Waals surface area contributed by atoms with Crippen molar-refractivity contribution in [1.29, 1.82) is 0 Å². The summed E-state index contributed by atoms with van der Waals surface area (Å²) in [6.07, 6.45) is 1.79. The lowest BCUT2D eigenvalue weighted by Crippen LogP contribution is -1.92. The third kappa shape index (κ3) is 2.56. The molecular weight excluding hydrogens is 268 g/mol. The first kappa shape index (κ1) is 12.8. The molecule has 2 aromatic heterocycles. The van der Waals surface area contributed by atoms with E-state index >= 15 is 0 Å². The van der Waals surface area contributed by atoms with Crippen molar-refractivity contribution in [1.82, 2.24) is 9.97 Å². The summed E-state index contributed by atoms with van der Waals surface area (Å²) >= 11 is 6.02. The highest BCUT2D eigenvalue weighted by Gasteiger charge is 2.07. The Morgan fingerprint density at radius 1 is 0.900 bits per heavy atom. The summed E-state index contributed by atoms with van der Waals surface area (Å²) in [5.74, 6) is 0. The zero-order chi connectivity index (χ0) is 13.9. The fourth-order valence-electron chi connectivity index (χ4n) is 2.16. The fourth-order valence-corrected chi connectivity index (χ4v) is 2.35. The van der Waals surface area contributed by atoms with Crippen LogP contribution in [0.25, 0.3) is 22.5 Å². The number of hydrogen-bond donors (Lipinski definition) is 0. The van der Waals surface area contributed by atoms with Gasteiger partial charge in [-0.05, 0) is 43.3 Å². The van der Waals surface area contributed by atoms with Crippen molar-refractivity contribution < 1.29 is 0 Å². The van der Waals surface area contributed by atoms with Gasteiger partial charge in [0.05, 0.1) is 11.4 Å². The van der Waals surface area contributed by atoms with E-state index in [1.165, 1.54) is 0 Å². The zero-order valence-corrected chi connectivity index (χ0v) is 11.8. The van der Waals surface area contributed by atoms with Crippen LogP contribution >= 0.6 is 11.6 Å². The number of rotatable bonds is 2. The molecule has 0 atom stereocenters. The number of benzene rings is 1. The SMILES string of the molecule is Cc1nc(-c2cccc(Cl)c2)ccc1-c1ccccn1. The number of nitrogens with zero attached hydrogens (tertiary/aromatic N) is 2. The quantitative estimate of drug-likeness (QED) is 0.675. The van der Waals surface area contributed by atoms with Crippen molar-refractivity contribution in [2.24, 2.45) is 0 Å². The molecule has 0 spiro atoms. The number of aryl methyl sites for hydroxylation is 1. The summed E-state index contributed by atoms with van der Waals surface area (Å²) in [6.45, 7) is 2.00. The number of halogens is 1. The highest BCUT2D eigenvalue weighted by atomic mass is 35.5. The second kappa shape index (κ2) is 5.43. The van der Waals surface area contributed by atoms with Gasteiger partial charge in [-0.15, -0.1) is 0 Å². The van der Waals surface area contributed by atoms with Crippen LogP contribution < -0.4 is 0 Å². The van der Waals surface area contributed by atoms with E-state index in [0.717, 1.165) is 33.2 Å². The number of pyridine rings is 2. The minimum atomic E-state index is 0.718. The van der Waals surface area contributed by atoms with E-state index in [1.54, 1.807) is 6.20 Å². The summed E-state index contributed by atoms with van der Waals surface area (Å²) in [5.41, 5.74) is 4.89. The molecule has 1 aromatic carbocycles. The van der Waals surface area contributed by atoms with Crippen molar-refractivity contribution >= 4 is 11.6 Å². The molecular formula is C17H13ClN2. The third-order valence-electron chi connectivity index (χ3n) is 3.15. The van der Waals surface area contributed by atoms with Gasteiger partial charge in [0.1, 0.15) is 0 Å². The summed E-state index contributed by atoms with van der Waals surface area (Å²) < 4.78 is 0. The van der Waals surface area contributed by atoms with Crippen molar-refractivity contribution in [2.75, 3.05) is 0 Å². The van der Waals surface area contributed by atoms with Crippen LogP contribution in [0.5, 0.6) is 0 Å². The Labute approximate surface area is 123 Å².